The predicted octanol–water partition coefficient (Wildman–Crippen LogP) is 5.62. The molecule has 5 nitrogen and oxygen atoms in total. The van der Waals surface area contributed by atoms with Gasteiger partial charge in [0.15, 0.2) is 5.65 Å². The fraction of sp³-hybridized carbons (Fsp3) is 0.0800. The molecule has 3 aromatic carbocycles. The van der Waals surface area contributed by atoms with Crippen molar-refractivity contribution in [3.63, 3.8) is 0 Å². The van der Waals surface area contributed by atoms with Crippen LogP contribution in [0.5, 0.6) is 0 Å². The van der Waals surface area contributed by atoms with Gasteiger partial charge in [0.1, 0.15) is 11.2 Å². The van der Waals surface area contributed by atoms with Crippen LogP contribution in [-0.4, -0.2) is 19.3 Å². The van der Waals surface area contributed by atoms with E-state index in [4.69, 9.17) is 4.98 Å². The molecule has 0 radical (unpaired) electrons. The van der Waals surface area contributed by atoms with E-state index in [0.29, 0.717) is 16.9 Å². The molecule has 0 saturated carbocycles. The molecule has 5 rings (SSSR count). The summed E-state index contributed by atoms with van der Waals surface area (Å²) in [5.41, 5.74) is 5.07. The van der Waals surface area contributed by atoms with Crippen LogP contribution in [0, 0.1) is 13.8 Å². The quantitative estimate of drug-likeness (QED) is 0.343. The number of aryl methyl sites for hydroxylation is 2. The predicted molar refractivity (Wildman–Crippen MR) is 127 cm³/mol. The van der Waals surface area contributed by atoms with Crippen LogP contribution in [0.1, 0.15) is 11.1 Å². The summed E-state index contributed by atoms with van der Waals surface area (Å²) in [6.07, 6.45) is 1.60. The first kappa shape index (κ1) is 19.5. The molecule has 0 N–H and O–H groups in total. The van der Waals surface area contributed by atoms with Gasteiger partial charge >= 0.3 is 0 Å². The number of benzene rings is 3. The highest BCUT2D eigenvalue weighted by Gasteiger charge is 2.19. The normalized spacial score (nSPS) is 11.2. The van der Waals surface area contributed by atoms with Gasteiger partial charge in [0, 0.05) is 10.0 Å². The van der Waals surface area contributed by atoms with Crippen molar-refractivity contribution in [3.05, 3.63) is 105 Å². The second-order valence-electron chi connectivity index (χ2n) is 7.50. The molecule has 0 aliphatic heterocycles. The van der Waals surface area contributed by atoms with Crippen LogP contribution in [0.15, 0.2) is 88.3 Å². The van der Waals surface area contributed by atoms with Gasteiger partial charge in [-0.05, 0) is 49.7 Å². The molecular weight excluding hydrogens is 452 g/mol. The summed E-state index contributed by atoms with van der Waals surface area (Å²) in [6.45, 7) is 4.05. The molecular formula is C25H19BrN4O. The first-order chi connectivity index (χ1) is 15.0. The van der Waals surface area contributed by atoms with E-state index in [1.165, 1.54) is 0 Å². The minimum atomic E-state index is -0.142. The summed E-state index contributed by atoms with van der Waals surface area (Å²) >= 11 is 3.49. The van der Waals surface area contributed by atoms with Gasteiger partial charge in [0.05, 0.1) is 17.6 Å². The number of hydrogen-bond donors (Lipinski definition) is 0. The Morgan fingerprint density at radius 3 is 2.35 bits per heavy atom. The zero-order valence-corrected chi connectivity index (χ0v) is 18.7. The van der Waals surface area contributed by atoms with Crippen LogP contribution in [0.2, 0.25) is 0 Å². The van der Waals surface area contributed by atoms with Gasteiger partial charge in [0.2, 0.25) is 0 Å². The lowest BCUT2D eigenvalue weighted by Crippen LogP contribution is -2.22. The smallest absolute Gasteiger partial charge is 0.268 e. The van der Waals surface area contributed by atoms with Crippen molar-refractivity contribution in [2.24, 2.45) is 0 Å². The van der Waals surface area contributed by atoms with Crippen LogP contribution >= 0.6 is 15.9 Å². The number of fused-ring (bicyclic) bond motifs is 1. The molecule has 31 heavy (non-hydrogen) atoms. The minimum Gasteiger partial charge on any atom is -0.268 e. The highest BCUT2D eigenvalue weighted by atomic mass is 79.9. The highest BCUT2D eigenvalue weighted by molar-refractivity contribution is 9.10. The van der Waals surface area contributed by atoms with E-state index in [0.717, 1.165) is 32.5 Å². The number of rotatable bonds is 3. The van der Waals surface area contributed by atoms with E-state index >= 15 is 0 Å². The zero-order valence-electron chi connectivity index (χ0n) is 17.1. The average molecular weight is 471 g/mol. The van der Waals surface area contributed by atoms with Crippen molar-refractivity contribution in [3.8, 4) is 22.8 Å². The molecule has 5 aromatic rings. The number of nitrogens with zero attached hydrogens (tertiary/aromatic N) is 4. The third-order valence-corrected chi connectivity index (χ3v) is 5.83. The van der Waals surface area contributed by atoms with Gasteiger partial charge < -0.3 is 0 Å². The lowest BCUT2D eigenvalue weighted by atomic mass is 10.1. The van der Waals surface area contributed by atoms with Gasteiger partial charge in [-0.2, -0.15) is 5.10 Å². The first-order valence-corrected chi connectivity index (χ1v) is 10.7. The molecule has 0 atom stereocenters. The van der Waals surface area contributed by atoms with Crippen molar-refractivity contribution >= 4 is 27.0 Å². The maximum atomic E-state index is 13.7. The third-order valence-electron chi connectivity index (χ3n) is 5.30. The molecule has 0 aliphatic rings. The van der Waals surface area contributed by atoms with E-state index in [1.54, 1.807) is 15.4 Å². The molecule has 0 aliphatic carbocycles. The van der Waals surface area contributed by atoms with Gasteiger partial charge in [-0.25, -0.2) is 9.67 Å². The lowest BCUT2D eigenvalue weighted by Gasteiger charge is -2.16. The van der Waals surface area contributed by atoms with Crippen molar-refractivity contribution in [2.45, 2.75) is 13.8 Å². The Hall–Kier alpha value is -3.51. The molecule has 6 heteroatoms. The standard InChI is InChI=1S/C25H19BrN4O/c1-16-8-13-22(17(2)14-16)29-23(18-9-11-19(26)12-10-18)28-24-21(25(29)31)15-27-30(24)20-6-4-3-5-7-20/h3-15H,1-2H3. The number of aromatic nitrogens is 4. The second kappa shape index (κ2) is 7.63. The average Bonchev–Trinajstić information content (AvgIpc) is 3.20. The Morgan fingerprint density at radius 2 is 1.65 bits per heavy atom. The Morgan fingerprint density at radius 1 is 0.903 bits per heavy atom. The van der Waals surface area contributed by atoms with Crippen LogP contribution in [0.25, 0.3) is 33.8 Å². The van der Waals surface area contributed by atoms with Gasteiger partial charge in [-0.3, -0.25) is 9.36 Å². The fourth-order valence-corrected chi connectivity index (χ4v) is 4.06. The maximum absolute atomic E-state index is 13.7. The molecule has 0 amide bonds. The highest BCUT2D eigenvalue weighted by Crippen LogP contribution is 2.26. The van der Waals surface area contributed by atoms with E-state index in [9.17, 15) is 4.79 Å². The summed E-state index contributed by atoms with van der Waals surface area (Å²) < 4.78 is 4.37. The van der Waals surface area contributed by atoms with Crippen molar-refractivity contribution in [1.29, 1.82) is 0 Å². The molecule has 2 heterocycles. The monoisotopic (exact) mass is 470 g/mol. The van der Waals surface area contributed by atoms with Crippen molar-refractivity contribution < 1.29 is 0 Å². The van der Waals surface area contributed by atoms with E-state index in [-0.39, 0.29) is 5.56 Å². The van der Waals surface area contributed by atoms with Gasteiger partial charge in [-0.1, -0.05) is 64.0 Å². The topological polar surface area (TPSA) is 52.7 Å². The Bertz CT molecular complexity index is 1470. The van der Waals surface area contributed by atoms with Gasteiger partial charge in [0.25, 0.3) is 5.56 Å². The van der Waals surface area contributed by atoms with E-state index in [2.05, 4.69) is 27.1 Å². The van der Waals surface area contributed by atoms with Gasteiger partial charge in [-0.15, -0.1) is 0 Å². The summed E-state index contributed by atoms with van der Waals surface area (Å²) in [5.74, 6) is 0.578. The summed E-state index contributed by atoms with van der Waals surface area (Å²) in [7, 11) is 0. The first-order valence-electron chi connectivity index (χ1n) is 9.93. The molecule has 2 aromatic heterocycles. The Balaban J connectivity index is 1.87. The Labute approximate surface area is 187 Å². The Kier molecular flexibility index (Phi) is 4.79. The van der Waals surface area contributed by atoms with E-state index < -0.39 is 0 Å². The lowest BCUT2D eigenvalue weighted by molar-refractivity contribution is 0.887. The molecule has 152 valence electrons. The number of para-hydroxylation sites is 1. The largest absolute Gasteiger partial charge is 0.269 e. The zero-order chi connectivity index (χ0) is 21.5. The van der Waals surface area contributed by atoms with Crippen LogP contribution < -0.4 is 5.56 Å². The van der Waals surface area contributed by atoms with Crippen molar-refractivity contribution in [2.75, 3.05) is 0 Å². The molecule has 0 unspecified atom stereocenters. The summed E-state index contributed by atoms with van der Waals surface area (Å²) in [4.78, 5) is 18.7. The van der Waals surface area contributed by atoms with Crippen LogP contribution in [0.3, 0.4) is 0 Å². The molecule has 0 saturated heterocycles. The summed E-state index contributed by atoms with van der Waals surface area (Å²) in [5, 5.41) is 4.96. The SMILES string of the molecule is Cc1ccc(-n2c(-c3ccc(Br)cc3)nc3c(cnn3-c3ccccc3)c2=O)c(C)c1. The van der Waals surface area contributed by atoms with Crippen LogP contribution in [0.4, 0.5) is 0 Å². The maximum Gasteiger partial charge on any atom is 0.269 e. The molecule has 0 spiro atoms. The fourth-order valence-electron chi connectivity index (χ4n) is 3.80. The summed E-state index contributed by atoms with van der Waals surface area (Å²) in [6, 6.07) is 23.6. The second-order valence-corrected chi connectivity index (χ2v) is 8.42. The number of halogens is 1. The molecule has 0 bridgehead atoms. The van der Waals surface area contributed by atoms with Crippen LogP contribution in [-0.2, 0) is 0 Å². The van der Waals surface area contributed by atoms with E-state index in [1.807, 2.05) is 80.6 Å². The molecule has 0 fully saturated rings. The minimum absolute atomic E-state index is 0.142. The third kappa shape index (κ3) is 3.39. The van der Waals surface area contributed by atoms with Crippen molar-refractivity contribution in [1.82, 2.24) is 19.3 Å². The number of hydrogen-bond acceptors (Lipinski definition) is 3.